The molecule has 1 aliphatic rings. The lowest BCUT2D eigenvalue weighted by molar-refractivity contribution is 0.0890. The van der Waals surface area contributed by atoms with E-state index < -0.39 is 17.7 Å². The number of carbonyl (C=O) groups is 1. The van der Waals surface area contributed by atoms with Crippen LogP contribution in [0.15, 0.2) is 18.2 Å². The third-order valence-corrected chi connectivity index (χ3v) is 4.01. The highest BCUT2D eigenvalue weighted by Crippen LogP contribution is 2.19. The van der Waals surface area contributed by atoms with E-state index in [0.717, 1.165) is 36.4 Å². The standard InChI is InChI=1S/C16H18F2N4O2/c1-24-8-14(9-2-3-11(17)12(18)6-9)20-16(23)15-10-7-19-5-4-13(10)21-22-15/h2-3,6,14,19H,4-5,7-8H2,1H3,(H,20,23)(H,21,22). The molecule has 1 atom stereocenters. The SMILES string of the molecule is COCC(NC(=O)c1n[nH]c2c1CNCC2)c1ccc(F)c(F)c1. The zero-order chi connectivity index (χ0) is 17.1. The van der Waals surface area contributed by atoms with E-state index in [4.69, 9.17) is 4.74 Å². The fraction of sp³-hybridized carbons (Fsp3) is 0.375. The van der Waals surface area contributed by atoms with Gasteiger partial charge in [-0.2, -0.15) is 5.10 Å². The molecule has 0 bridgehead atoms. The monoisotopic (exact) mass is 336 g/mol. The lowest BCUT2D eigenvalue weighted by Gasteiger charge is -2.19. The van der Waals surface area contributed by atoms with Crippen molar-refractivity contribution in [3.63, 3.8) is 0 Å². The van der Waals surface area contributed by atoms with Gasteiger partial charge in [0, 0.05) is 37.9 Å². The summed E-state index contributed by atoms with van der Waals surface area (Å²) in [6, 6.07) is 2.89. The highest BCUT2D eigenvalue weighted by atomic mass is 19.2. The average molecular weight is 336 g/mol. The van der Waals surface area contributed by atoms with E-state index in [1.165, 1.54) is 13.2 Å². The van der Waals surface area contributed by atoms with Crippen molar-refractivity contribution in [2.75, 3.05) is 20.3 Å². The number of halogens is 2. The van der Waals surface area contributed by atoms with Crippen molar-refractivity contribution in [1.82, 2.24) is 20.8 Å². The summed E-state index contributed by atoms with van der Waals surface area (Å²) in [5.74, 6) is -2.29. The van der Waals surface area contributed by atoms with Gasteiger partial charge in [0.15, 0.2) is 17.3 Å². The first-order valence-electron chi connectivity index (χ1n) is 7.61. The summed E-state index contributed by atoms with van der Waals surface area (Å²) in [6.45, 7) is 1.52. The Morgan fingerprint density at radius 3 is 3.00 bits per heavy atom. The Morgan fingerprint density at radius 2 is 2.25 bits per heavy atom. The largest absolute Gasteiger partial charge is 0.382 e. The molecule has 0 saturated carbocycles. The van der Waals surface area contributed by atoms with Crippen LogP contribution in [0.1, 0.15) is 33.4 Å². The molecule has 128 valence electrons. The van der Waals surface area contributed by atoms with E-state index in [1.54, 1.807) is 0 Å². The second-order valence-corrected chi connectivity index (χ2v) is 5.61. The van der Waals surface area contributed by atoms with Gasteiger partial charge in [-0.25, -0.2) is 8.78 Å². The van der Waals surface area contributed by atoms with Gasteiger partial charge >= 0.3 is 0 Å². The van der Waals surface area contributed by atoms with E-state index in [-0.39, 0.29) is 12.5 Å². The number of ether oxygens (including phenoxy) is 1. The average Bonchev–Trinajstić information content (AvgIpc) is 3.01. The molecule has 1 amide bonds. The number of hydrogen-bond acceptors (Lipinski definition) is 4. The molecular weight excluding hydrogens is 318 g/mol. The molecule has 3 N–H and O–H groups in total. The maximum atomic E-state index is 13.5. The first-order valence-corrected chi connectivity index (χ1v) is 7.61. The molecule has 2 heterocycles. The number of benzene rings is 1. The Morgan fingerprint density at radius 1 is 1.42 bits per heavy atom. The van der Waals surface area contributed by atoms with Gasteiger partial charge in [-0.15, -0.1) is 0 Å². The second-order valence-electron chi connectivity index (χ2n) is 5.61. The van der Waals surface area contributed by atoms with Crippen molar-refractivity contribution < 1.29 is 18.3 Å². The highest BCUT2D eigenvalue weighted by Gasteiger charge is 2.24. The minimum absolute atomic E-state index is 0.127. The molecule has 0 spiro atoms. The molecule has 0 saturated heterocycles. The topological polar surface area (TPSA) is 79.0 Å². The molecule has 24 heavy (non-hydrogen) atoms. The van der Waals surface area contributed by atoms with Gasteiger partial charge in [-0.1, -0.05) is 6.07 Å². The molecule has 8 heteroatoms. The van der Waals surface area contributed by atoms with Crippen molar-refractivity contribution in [2.45, 2.75) is 19.0 Å². The van der Waals surface area contributed by atoms with Gasteiger partial charge in [0.05, 0.1) is 12.6 Å². The summed E-state index contributed by atoms with van der Waals surface area (Å²) < 4.78 is 31.7. The van der Waals surface area contributed by atoms with E-state index >= 15 is 0 Å². The molecule has 1 unspecified atom stereocenters. The lowest BCUT2D eigenvalue weighted by atomic mass is 10.0. The van der Waals surface area contributed by atoms with E-state index in [2.05, 4.69) is 20.8 Å². The summed E-state index contributed by atoms with van der Waals surface area (Å²) in [7, 11) is 1.47. The predicted molar refractivity (Wildman–Crippen MR) is 82.4 cm³/mol. The van der Waals surface area contributed by atoms with Crippen LogP contribution in [0.3, 0.4) is 0 Å². The number of aromatic amines is 1. The number of aromatic nitrogens is 2. The maximum absolute atomic E-state index is 13.5. The minimum atomic E-state index is -0.968. The molecule has 1 aromatic carbocycles. The van der Waals surface area contributed by atoms with Crippen molar-refractivity contribution in [3.8, 4) is 0 Å². The van der Waals surface area contributed by atoms with Crippen molar-refractivity contribution in [3.05, 3.63) is 52.3 Å². The Labute approximate surface area is 137 Å². The van der Waals surface area contributed by atoms with Crippen LogP contribution in [0.4, 0.5) is 8.78 Å². The summed E-state index contributed by atoms with van der Waals surface area (Å²) in [6.07, 6.45) is 0.778. The second kappa shape index (κ2) is 7.06. The number of H-pyrrole nitrogens is 1. The Hall–Kier alpha value is -2.32. The van der Waals surface area contributed by atoms with Gasteiger partial charge in [-0.05, 0) is 17.7 Å². The van der Waals surface area contributed by atoms with Gasteiger partial charge in [0.25, 0.3) is 5.91 Å². The quantitative estimate of drug-likeness (QED) is 0.772. The molecule has 3 rings (SSSR count). The molecule has 0 fully saturated rings. The predicted octanol–water partition coefficient (Wildman–Crippen LogP) is 1.45. The van der Waals surface area contributed by atoms with Crippen LogP contribution >= 0.6 is 0 Å². The van der Waals surface area contributed by atoms with Crippen LogP contribution < -0.4 is 10.6 Å². The number of rotatable bonds is 5. The van der Waals surface area contributed by atoms with Gasteiger partial charge in [-0.3, -0.25) is 9.89 Å². The number of amides is 1. The number of methoxy groups -OCH3 is 1. The van der Waals surface area contributed by atoms with E-state index in [0.29, 0.717) is 17.8 Å². The molecule has 1 aromatic heterocycles. The zero-order valence-electron chi connectivity index (χ0n) is 13.2. The lowest BCUT2D eigenvalue weighted by Crippen LogP contribution is -2.33. The van der Waals surface area contributed by atoms with Crippen molar-refractivity contribution >= 4 is 5.91 Å². The number of carbonyl (C=O) groups excluding carboxylic acids is 1. The molecule has 6 nitrogen and oxygen atoms in total. The first-order chi connectivity index (χ1) is 11.6. The number of hydrogen-bond donors (Lipinski definition) is 3. The normalized spacial score (nSPS) is 15.0. The minimum Gasteiger partial charge on any atom is -0.382 e. The molecular formula is C16H18F2N4O2. The van der Waals surface area contributed by atoms with Crippen LogP contribution in [0.2, 0.25) is 0 Å². The van der Waals surface area contributed by atoms with Crippen molar-refractivity contribution in [1.29, 1.82) is 0 Å². The fourth-order valence-electron chi connectivity index (χ4n) is 2.76. The third-order valence-electron chi connectivity index (χ3n) is 4.01. The molecule has 2 aromatic rings. The van der Waals surface area contributed by atoms with Crippen molar-refractivity contribution in [2.24, 2.45) is 0 Å². The number of fused-ring (bicyclic) bond motifs is 1. The van der Waals surface area contributed by atoms with E-state index in [9.17, 15) is 13.6 Å². The highest BCUT2D eigenvalue weighted by molar-refractivity contribution is 5.94. The Balaban J connectivity index is 1.81. The Kier molecular flexibility index (Phi) is 4.86. The van der Waals surface area contributed by atoms with Crippen LogP contribution in [0.25, 0.3) is 0 Å². The van der Waals surface area contributed by atoms with Crippen LogP contribution in [-0.2, 0) is 17.7 Å². The summed E-state index contributed by atoms with van der Waals surface area (Å²) in [5, 5.41) is 12.9. The maximum Gasteiger partial charge on any atom is 0.272 e. The zero-order valence-corrected chi connectivity index (χ0v) is 13.2. The summed E-state index contributed by atoms with van der Waals surface area (Å²) >= 11 is 0. The number of nitrogens with one attached hydrogen (secondary N) is 3. The van der Waals surface area contributed by atoms with E-state index in [1.807, 2.05) is 0 Å². The number of nitrogens with zero attached hydrogens (tertiary/aromatic N) is 1. The third kappa shape index (κ3) is 3.29. The van der Waals surface area contributed by atoms with Gasteiger partial charge < -0.3 is 15.4 Å². The van der Waals surface area contributed by atoms with Crippen LogP contribution in [0.5, 0.6) is 0 Å². The summed E-state index contributed by atoms with van der Waals surface area (Å²) in [5.41, 5.74) is 2.50. The smallest absolute Gasteiger partial charge is 0.272 e. The Bertz CT molecular complexity index is 748. The fourth-order valence-corrected chi connectivity index (χ4v) is 2.76. The van der Waals surface area contributed by atoms with Gasteiger partial charge in [0.2, 0.25) is 0 Å². The molecule has 0 aliphatic carbocycles. The first kappa shape index (κ1) is 16.5. The van der Waals surface area contributed by atoms with Crippen LogP contribution in [-0.4, -0.2) is 36.4 Å². The van der Waals surface area contributed by atoms with Gasteiger partial charge in [0.1, 0.15) is 0 Å². The molecule has 1 aliphatic heterocycles. The summed E-state index contributed by atoms with van der Waals surface area (Å²) in [4.78, 5) is 12.5. The molecule has 0 radical (unpaired) electrons. The van der Waals surface area contributed by atoms with Crippen LogP contribution in [0, 0.1) is 11.6 Å².